The molecule has 0 unspecified atom stereocenters. The SMILES string of the molecule is O=C1CN(/N=C/c2ccc(-c3ccc(Cl)cc3)o2)C(=O)N1CCCCN1CCN(CCCCN2CCN(CCCCN3C(=O)CN(/N=C/c4ccc(-c5ccc(Cl)cc5)o4)C3=O)CC2)CC1. The van der Waals surface area contributed by atoms with E-state index in [1.54, 1.807) is 36.4 Å². The number of carbonyl (C=O) groups is 4. The Balaban J connectivity index is 0.626. The predicted molar refractivity (Wildman–Crippen MR) is 255 cm³/mol. The molecule has 0 radical (unpaired) electrons. The van der Waals surface area contributed by atoms with E-state index >= 15 is 0 Å². The van der Waals surface area contributed by atoms with Crippen molar-refractivity contribution in [2.75, 3.05) is 105 Å². The molecule has 4 saturated heterocycles. The summed E-state index contributed by atoms with van der Waals surface area (Å²) in [4.78, 5) is 63.9. The molecule has 4 fully saturated rings. The van der Waals surface area contributed by atoms with Gasteiger partial charge in [0, 0.05) is 86.6 Å². The van der Waals surface area contributed by atoms with Crippen molar-refractivity contribution >= 4 is 59.5 Å². The summed E-state index contributed by atoms with van der Waals surface area (Å²) in [5.41, 5.74) is 1.76. The Kier molecular flexibility index (Phi) is 16.4. The third-order valence-electron chi connectivity index (χ3n) is 12.6. The summed E-state index contributed by atoms with van der Waals surface area (Å²) in [6, 6.07) is 21.0. The predicted octanol–water partition coefficient (Wildman–Crippen LogP) is 6.99. The van der Waals surface area contributed by atoms with E-state index in [0.29, 0.717) is 46.2 Å². The van der Waals surface area contributed by atoms with Crippen molar-refractivity contribution in [1.29, 1.82) is 0 Å². The average molecular weight is 942 g/mol. The molecule has 4 aliphatic heterocycles. The fraction of sp³-hybridized carbons (Fsp3) is 0.458. The van der Waals surface area contributed by atoms with Gasteiger partial charge in [-0.25, -0.2) is 19.6 Å². The van der Waals surface area contributed by atoms with Crippen LogP contribution in [0.4, 0.5) is 9.59 Å². The molecule has 4 aliphatic rings. The number of halogens is 2. The van der Waals surface area contributed by atoms with Crippen molar-refractivity contribution in [2.45, 2.75) is 38.5 Å². The molecule has 0 atom stereocenters. The molecular formula is C48H58Cl2N10O6. The molecule has 6 heterocycles. The van der Waals surface area contributed by atoms with Gasteiger partial charge >= 0.3 is 12.1 Å². The maximum Gasteiger partial charge on any atom is 0.347 e. The van der Waals surface area contributed by atoms with Gasteiger partial charge in [0.1, 0.15) is 36.1 Å². The molecule has 0 bridgehead atoms. The lowest BCUT2D eigenvalue weighted by molar-refractivity contribution is -0.126. The van der Waals surface area contributed by atoms with E-state index in [-0.39, 0.29) is 24.9 Å². The quantitative estimate of drug-likeness (QED) is 0.0487. The molecule has 6 amide bonds. The van der Waals surface area contributed by atoms with Gasteiger partial charge in [-0.1, -0.05) is 23.2 Å². The van der Waals surface area contributed by atoms with Crippen LogP contribution >= 0.6 is 23.2 Å². The number of rotatable bonds is 21. The molecule has 66 heavy (non-hydrogen) atoms. The number of urea groups is 2. The topological polar surface area (TPSA) is 145 Å². The van der Waals surface area contributed by atoms with E-state index < -0.39 is 12.1 Å². The second-order valence-electron chi connectivity index (χ2n) is 17.2. The number of furan rings is 2. The largest absolute Gasteiger partial charge is 0.455 e. The van der Waals surface area contributed by atoms with E-state index in [1.807, 2.05) is 36.4 Å². The van der Waals surface area contributed by atoms with Gasteiger partial charge < -0.3 is 28.4 Å². The monoisotopic (exact) mass is 940 g/mol. The van der Waals surface area contributed by atoms with Crippen LogP contribution in [-0.2, 0) is 9.59 Å². The number of piperazine rings is 2. The van der Waals surface area contributed by atoms with Crippen LogP contribution in [0.3, 0.4) is 0 Å². The number of benzene rings is 2. The van der Waals surface area contributed by atoms with Crippen LogP contribution < -0.4 is 0 Å². The van der Waals surface area contributed by atoms with Crippen LogP contribution in [0.15, 0.2) is 91.8 Å². The van der Waals surface area contributed by atoms with Gasteiger partial charge in [0.25, 0.3) is 11.8 Å². The summed E-state index contributed by atoms with van der Waals surface area (Å²) in [6.45, 7) is 13.2. The van der Waals surface area contributed by atoms with Gasteiger partial charge in [0.05, 0.1) is 12.4 Å². The van der Waals surface area contributed by atoms with Crippen LogP contribution in [0.2, 0.25) is 10.0 Å². The number of amides is 6. The maximum atomic E-state index is 12.9. The zero-order valence-corrected chi connectivity index (χ0v) is 38.8. The lowest BCUT2D eigenvalue weighted by atomic mass is 10.2. The summed E-state index contributed by atoms with van der Waals surface area (Å²) in [7, 11) is 0. The summed E-state index contributed by atoms with van der Waals surface area (Å²) in [6.07, 6.45) is 8.67. The highest BCUT2D eigenvalue weighted by Crippen LogP contribution is 2.25. The number of hydrogen-bond donors (Lipinski definition) is 0. The summed E-state index contributed by atoms with van der Waals surface area (Å²) in [5.74, 6) is 1.83. The van der Waals surface area contributed by atoms with Gasteiger partial charge in [-0.2, -0.15) is 10.2 Å². The minimum absolute atomic E-state index is 0.0719. The van der Waals surface area contributed by atoms with Gasteiger partial charge in [-0.3, -0.25) is 19.4 Å². The van der Waals surface area contributed by atoms with Gasteiger partial charge in [-0.15, -0.1) is 0 Å². The van der Waals surface area contributed by atoms with E-state index in [9.17, 15) is 19.2 Å². The minimum atomic E-state index is -0.397. The number of nitrogens with zero attached hydrogens (tertiary/aromatic N) is 10. The Labute approximate surface area is 395 Å². The highest BCUT2D eigenvalue weighted by Gasteiger charge is 2.37. The number of carbonyl (C=O) groups excluding carboxylic acids is 4. The Morgan fingerprint density at radius 2 is 0.758 bits per heavy atom. The number of imide groups is 2. The van der Waals surface area contributed by atoms with Gasteiger partial charge in [0.15, 0.2) is 0 Å². The van der Waals surface area contributed by atoms with Crippen LogP contribution in [0.25, 0.3) is 22.6 Å². The van der Waals surface area contributed by atoms with Crippen molar-refractivity contribution < 1.29 is 28.0 Å². The normalized spacial score (nSPS) is 18.5. The number of unbranched alkanes of at least 4 members (excludes halogenated alkanes) is 3. The highest BCUT2D eigenvalue weighted by molar-refractivity contribution is 6.31. The van der Waals surface area contributed by atoms with Gasteiger partial charge in [0.2, 0.25) is 0 Å². The van der Waals surface area contributed by atoms with Crippen molar-refractivity contribution in [1.82, 2.24) is 39.4 Å². The Bertz CT molecular complexity index is 2160. The average Bonchev–Trinajstić information content (AvgIpc) is 4.12. The summed E-state index contributed by atoms with van der Waals surface area (Å²) < 4.78 is 11.7. The van der Waals surface area contributed by atoms with Gasteiger partial charge in [-0.05, 0) is 138 Å². The molecule has 0 spiro atoms. The van der Waals surface area contributed by atoms with Crippen LogP contribution in [0.1, 0.15) is 50.0 Å². The lowest BCUT2D eigenvalue weighted by Crippen LogP contribution is -2.47. The molecule has 0 aliphatic carbocycles. The van der Waals surface area contributed by atoms with Crippen molar-refractivity contribution in [3.63, 3.8) is 0 Å². The Hall–Kier alpha value is -5.36. The fourth-order valence-electron chi connectivity index (χ4n) is 8.67. The second kappa shape index (κ2) is 22.9. The molecule has 0 saturated carbocycles. The van der Waals surface area contributed by atoms with E-state index in [4.69, 9.17) is 32.0 Å². The first-order valence-corrected chi connectivity index (χ1v) is 23.8. The molecule has 2 aromatic carbocycles. The third-order valence-corrected chi connectivity index (χ3v) is 13.1. The Morgan fingerprint density at radius 1 is 0.439 bits per heavy atom. The Morgan fingerprint density at radius 3 is 1.09 bits per heavy atom. The molecule has 350 valence electrons. The van der Waals surface area contributed by atoms with Crippen LogP contribution in [-0.4, -0.2) is 180 Å². The lowest BCUT2D eigenvalue weighted by Gasteiger charge is -2.36. The zero-order chi connectivity index (χ0) is 45.8. The third kappa shape index (κ3) is 12.7. The fourth-order valence-corrected chi connectivity index (χ4v) is 8.92. The van der Waals surface area contributed by atoms with E-state index in [0.717, 1.165) is 115 Å². The first kappa shape index (κ1) is 47.1. The standard InChI is InChI=1S/C48H58Cl2N10O6/c49-39-11-7-37(8-12-39)43-17-15-41(65-43)33-51-59-35-45(61)57(47(59)63)23-5-3-21-55-29-25-53(26-30-55)19-1-2-20-54-27-31-56(32-28-54)22-4-6-24-58-46(62)36-60(48(58)64)52-34-42-16-18-44(66-42)38-9-13-40(50)14-10-38/h7-18,33-34H,1-6,19-32,35-36H2/b51-33+,52-34+. The highest BCUT2D eigenvalue weighted by atomic mass is 35.5. The maximum absolute atomic E-state index is 12.9. The first-order valence-electron chi connectivity index (χ1n) is 23.1. The molecule has 4 aromatic rings. The second-order valence-corrected chi connectivity index (χ2v) is 18.0. The molecule has 16 nitrogen and oxygen atoms in total. The number of hydrogen-bond acceptors (Lipinski definition) is 12. The molecule has 18 heteroatoms. The summed E-state index contributed by atoms with van der Waals surface area (Å²) >= 11 is 12.0. The molecule has 2 aromatic heterocycles. The summed E-state index contributed by atoms with van der Waals surface area (Å²) in [5, 5.41) is 12.2. The smallest absolute Gasteiger partial charge is 0.347 e. The van der Waals surface area contributed by atoms with Crippen LogP contribution in [0, 0.1) is 0 Å². The first-order chi connectivity index (χ1) is 32.1. The molecule has 0 N–H and O–H groups in total. The van der Waals surface area contributed by atoms with Crippen LogP contribution in [0.5, 0.6) is 0 Å². The van der Waals surface area contributed by atoms with E-state index in [2.05, 4.69) is 29.8 Å². The molecular weight excluding hydrogens is 883 g/mol. The molecule has 8 rings (SSSR count). The van der Waals surface area contributed by atoms with E-state index in [1.165, 1.54) is 45.1 Å². The minimum Gasteiger partial charge on any atom is -0.455 e. The zero-order valence-electron chi connectivity index (χ0n) is 37.3. The van der Waals surface area contributed by atoms with Crippen molar-refractivity contribution in [3.05, 3.63) is 94.4 Å². The van der Waals surface area contributed by atoms with Crippen molar-refractivity contribution in [3.8, 4) is 22.6 Å². The van der Waals surface area contributed by atoms with Crippen molar-refractivity contribution in [2.24, 2.45) is 10.2 Å². The number of hydrazone groups is 2.